The fraction of sp³-hybridized carbons (Fsp3) is 0.550. The lowest BCUT2D eigenvalue weighted by Crippen LogP contribution is -1.93. The predicted octanol–water partition coefficient (Wildman–Crippen LogP) is 5.21. The van der Waals surface area contributed by atoms with Gasteiger partial charge in [0.1, 0.15) is 0 Å². The van der Waals surface area contributed by atoms with E-state index in [-0.39, 0.29) is 11.5 Å². The Labute approximate surface area is 140 Å². The number of ketones is 1. The van der Waals surface area contributed by atoms with E-state index >= 15 is 0 Å². The van der Waals surface area contributed by atoms with E-state index < -0.39 is 0 Å². The SMILES string of the molecule is CCCCCCCCC(=O)C=CCCc1ccc(OC)c(O)c1. The van der Waals surface area contributed by atoms with E-state index in [9.17, 15) is 9.90 Å². The summed E-state index contributed by atoms with van der Waals surface area (Å²) in [7, 11) is 1.53. The van der Waals surface area contributed by atoms with E-state index in [0.717, 1.165) is 31.2 Å². The molecule has 0 saturated heterocycles. The lowest BCUT2D eigenvalue weighted by Gasteiger charge is -2.05. The highest BCUT2D eigenvalue weighted by molar-refractivity contribution is 5.89. The van der Waals surface area contributed by atoms with Gasteiger partial charge >= 0.3 is 0 Å². The summed E-state index contributed by atoms with van der Waals surface area (Å²) in [5.74, 6) is 0.865. The van der Waals surface area contributed by atoms with Crippen LogP contribution in [0.3, 0.4) is 0 Å². The summed E-state index contributed by atoms with van der Waals surface area (Å²) in [4.78, 5) is 11.7. The summed E-state index contributed by atoms with van der Waals surface area (Å²) in [5.41, 5.74) is 1.04. The van der Waals surface area contributed by atoms with Crippen molar-refractivity contribution in [3.8, 4) is 11.5 Å². The summed E-state index contributed by atoms with van der Waals surface area (Å²) < 4.78 is 5.02. The van der Waals surface area contributed by atoms with Crippen molar-refractivity contribution in [2.24, 2.45) is 0 Å². The molecule has 1 rings (SSSR count). The normalized spacial score (nSPS) is 11.0. The van der Waals surface area contributed by atoms with Gasteiger partial charge in [-0.3, -0.25) is 4.79 Å². The van der Waals surface area contributed by atoms with Gasteiger partial charge in [0.05, 0.1) is 7.11 Å². The number of carbonyl (C=O) groups is 1. The molecule has 1 N–H and O–H groups in total. The molecule has 0 bridgehead atoms. The molecule has 1 aromatic carbocycles. The Balaban J connectivity index is 2.18. The molecule has 0 aliphatic carbocycles. The second-order valence-corrected chi connectivity index (χ2v) is 5.93. The first-order valence-electron chi connectivity index (χ1n) is 8.72. The third kappa shape index (κ3) is 8.44. The van der Waals surface area contributed by atoms with Gasteiger partial charge in [-0.25, -0.2) is 0 Å². The summed E-state index contributed by atoms with van der Waals surface area (Å²) in [6, 6.07) is 5.41. The fourth-order valence-electron chi connectivity index (χ4n) is 2.52. The predicted molar refractivity (Wildman–Crippen MR) is 95.1 cm³/mol. The van der Waals surface area contributed by atoms with Crippen molar-refractivity contribution in [1.29, 1.82) is 0 Å². The van der Waals surface area contributed by atoms with Gasteiger partial charge in [0, 0.05) is 6.42 Å². The molecule has 0 saturated carbocycles. The summed E-state index contributed by atoms with van der Waals surface area (Å²) in [5, 5.41) is 9.71. The van der Waals surface area contributed by atoms with E-state index in [0.29, 0.717) is 12.2 Å². The van der Waals surface area contributed by atoms with Gasteiger partial charge in [-0.15, -0.1) is 0 Å². The minimum atomic E-state index is 0.160. The third-order valence-corrected chi connectivity index (χ3v) is 3.92. The van der Waals surface area contributed by atoms with Crippen LogP contribution in [-0.2, 0) is 11.2 Å². The van der Waals surface area contributed by atoms with Crippen molar-refractivity contribution in [2.75, 3.05) is 7.11 Å². The van der Waals surface area contributed by atoms with Gasteiger partial charge in [0.15, 0.2) is 17.3 Å². The number of allylic oxidation sites excluding steroid dienone is 2. The third-order valence-electron chi connectivity index (χ3n) is 3.92. The zero-order valence-electron chi connectivity index (χ0n) is 14.5. The molecule has 3 nitrogen and oxygen atoms in total. The molecule has 0 heterocycles. The molecule has 0 fully saturated rings. The zero-order chi connectivity index (χ0) is 16.9. The number of hydrogen-bond donors (Lipinski definition) is 1. The van der Waals surface area contributed by atoms with Crippen molar-refractivity contribution in [2.45, 2.75) is 64.7 Å². The van der Waals surface area contributed by atoms with Crippen LogP contribution in [0.5, 0.6) is 11.5 Å². The Morgan fingerprint density at radius 1 is 1.17 bits per heavy atom. The maximum atomic E-state index is 11.7. The van der Waals surface area contributed by atoms with E-state index in [2.05, 4.69) is 6.92 Å². The van der Waals surface area contributed by atoms with Crippen LogP contribution in [0.1, 0.15) is 63.9 Å². The number of rotatable bonds is 12. The van der Waals surface area contributed by atoms with Crippen molar-refractivity contribution in [3.05, 3.63) is 35.9 Å². The lowest BCUT2D eigenvalue weighted by molar-refractivity contribution is -0.114. The molecule has 0 atom stereocenters. The number of benzene rings is 1. The highest BCUT2D eigenvalue weighted by atomic mass is 16.5. The van der Waals surface area contributed by atoms with Gasteiger partial charge in [-0.05, 0) is 43.0 Å². The molecule has 0 aliphatic rings. The molecule has 23 heavy (non-hydrogen) atoms. The van der Waals surface area contributed by atoms with Crippen LogP contribution in [0.2, 0.25) is 0 Å². The molecule has 0 radical (unpaired) electrons. The number of phenolic OH excluding ortho intramolecular Hbond substituents is 1. The fourth-order valence-corrected chi connectivity index (χ4v) is 2.52. The van der Waals surface area contributed by atoms with Crippen molar-refractivity contribution >= 4 is 5.78 Å². The molecule has 0 aliphatic heterocycles. The van der Waals surface area contributed by atoms with Gasteiger partial charge < -0.3 is 9.84 Å². The molecule has 0 aromatic heterocycles. The van der Waals surface area contributed by atoms with Crippen LogP contribution < -0.4 is 4.74 Å². The minimum Gasteiger partial charge on any atom is -0.504 e. The topological polar surface area (TPSA) is 46.5 Å². The number of carbonyl (C=O) groups excluding carboxylic acids is 1. The average Bonchev–Trinajstić information content (AvgIpc) is 2.55. The quantitative estimate of drug-likeness (QED) is 0.425. The number of aromatic hydroxyl groups is 1. The molecule has 1 aromatic rings. The number of unbranched alkanes of at least 4 members (excludes halogenated alkanes) is 5. The van der Waals surface area contributed by atoms with E-state index in [1.165, 1.54) is 32.8 Å². The number of phenols is 1. The largest absolute Gasteiger partial charge is 0.504 e. The summed E-state index contributed by atoms with van der Waals surface area (Å²) in [6.07, 6.45) is 13.1. The Morgan fingerprint density at radius 3 is 2.61 bits per heavy atom. The van der Waals surface area contributed by atoms with Crippen LogP contribution in [0, 0.1) is 0 Å². The molecular weight excluding hydrogens is 288 g/mol. The first-order chi connectivity index (χ1) is 11.2. The molecule has 128 valence electrons. The molecule has 0 spiro atoms. The average molecular weight is 318 g/mol. The van der Waals surface area contributed by atoms with Gasteiger partial charge in [-0.2, -0.15) is 0 Å². The smallest absolute Gasteiger partial charge is 0.160 e. The van der Waals surface area contributed by atoms with Gasteiger partial charge in [0.2, 0.25) is 0 Å². The highest BCUT2D eigenvalue weighted by Crippen LogP contribution is 2.26. The van der Waals surface area contributed by atoms with Gasteiger partial charge in [-0.1, -0.05) is 51.2 Å². The monoisotopic (exact) mass is 318 g/mol. The second kappa shape index (κ2) is 11.8. The molecule has 3 heteroatoms. The van der Waals surface area contributed by atoms with E-state index in [1.807, 2.05) is 12.1 Å². The van der Waals surface area contributed by atoms with Crippen molar-refractivity contribution in [3.63, 3.8) is 0 Å². The number of aryl methyl sites for hydroxylation is 1. The summed E-state index contributed by atoms with van der Waals surface area (Å²) >= 11 is 0. The standard InChI is InChI=1S/C20H30O3/c1-3-4-5-6-7-8-12-18(21)13-10-9-11-17-14-15-20(23-2)19(22)16-17/h10,13-16,22H,3-9,11-12H2,1-2H3. The first-order valence-corrected chi connectivity index (χ1v) is 8.72. The van der Waals surface area contributed by atoms with E-state index in [1.54, 1.807) is 18.2 Å². The zero-order valence-corrected chi connectivity index (χ0v) is 14.5. The van der Waals surface area contributed by atoms with Crippen molar-refractivity contribution in [1.82, 2.24) is 0 Å². The highest BCUT2D eigenvalue weighted by Gasteiger charge is 2.02. The Kier molecular flexibility index (Phi) is 9.85. The lowest BCUT2D eigenvalue weighted by atomic mass is 10.1. The van der Waals surface area contributed by atoms with E-state index in [4.69, 9.17) is 4.74 Å². The minimum absolute atomic E-state index is 0.160. The maximum absolute atomic E-state index is 11.7. The summed E-state index contributed by atoms with van der Waals surface area (Å²) in [6.45, 7) is 2.21. The number of ether oxygens (including phenoxy) is 1. The molecule has 0 unspecified atom stereocenters. The van der Waals surface area contributed by atoms with Crippen LogP contribution in [-0.4, -0.2) is 18.0 Å². The molecule has 0 amide bonds. The van der Waals surface area contributed by atoms with Crippen LogP contribution in [0.4, 0.5) is 0 Å². The Morgan fingerprint density at radius 2 is 1.91 bits per heavy atom. The maximum Gasteiger partial charge on any atom is 0.160 e. The Bertz CT molecular complexity index is 492. The number of methoxy groups -OCH3 is 1. The van der Waals surface area contributed by atoms with Crippen molar-refractivity contribution < 1.29 is 14.6 Å². The number of hydrogen-bond acceptors (Lipinski definition) is 3. The Hall–Kier alpha value is -1.77. The van der Waals surface area contributed by atoms with Crippen LogP contribution in [0.25, 0.3) is 0 Å². The van der Waals surface area contributed by atoms with Crippen LogP contribution in [0.15, 0.2) is 30.4 Å². The molecular formula is C20H30O3. The van der Waals surface area contributed by atoms with Crippen LogP contribution >= 0.6 is 0 Å². The first kappa shape index (κ1) is 19.3. The van der Waals surface area contributed by atoms with Gasteiger partial charge in [0.25, 0.3) is 0 Å². The second-order valence-electron chi connectivity index (χ2n) is 5.93.